The molecule has 2 fully saturated rings. The molecule has 2 aliphatic heterocycles. The zero-order valence-corrected chi connectivity index (χ0v) is 15.5. The first-order valence-corrected chi connectivity index (χ1v) is 9.31. The molecule has 1 aromatic rings. The van der Waals surface area contributed by atoms with Crippen LogP contribution in [-0.2, 0) is 19.1 Å². The maximum absolute atomic E-state index is 12.7. The van der Waals surface area contributed by atoms with Crippen molar-refractivity contribution in [2.75, 3.05) is 7.11 Å². The number of carbonyl (C=O) groups is 3. The second kappa shape index (κ2) is 5.97. The van der Waals surface area contributed by atoms with Crippen molar-refractivity contribution in [1.29, 1.82) is 0 Å². The van der Waals surface area contributed by atoms with Gasteiger partial charge in [0, 0.05) is 16.7 Å². The summed E-state index contributed by atoms with van der Waals surface area (Å²) in [7, 11) is 1.31. The number of aliphatic carboxylic acids is 1. The lowest BCUT2D eigenvalue weighted by Gasteiger charge is -2.51. The molecule has 2 amide bonds. The van der Waals surface area contributed by atoms with E-state index in [1.807, 2.05) is 0 Å². The number of carboxylic acid groups (broad SMARTS) is 1. The summed E-state index contributed by atoms with van der Waals surface area (Å²) in [6.07, 6.45) is 0. The van der Waals surface area contributed by atoms with Crippen molar-refractivity contribution in [1.82, 2.24) is 10.2 Å². The van der Waals surface area contributed by atoms with Crippen LogP contribution in [0.4, 0.5) is 0 Å². The Labute approximate surface area is 152 Å². The summed E-state index contributed by atoms with van der Waals surface area (Å²) in [5, 5.41) is 13.3. The summed E-state index contributed by atoms with van der Waals surface area (Å²) in [5.41, 5.74) is 4.35. The predicted octanol–water partition coefficient (Wildman–Crippen LogP) is 0.354. The number of rotatable bonds is 5. The van der Waals surface area contributed by atoms with Gasteiger partial charge in [0.1, 0.15) is 17.5 Å². The molecule has 1 aromatic heterocycles. The highest BCUT2D eigenvalue weighted by atomic mass is 32.2. The van der Waals surface area contributed by atoms with Gasteiger partial charge in [0.05, 0.1) is 0 Å². The second-order valence-electron chi connectivity index (χ2n) is 6.45. The lowest BCUT2D eigenvalue weighted by Crippen LogP contribution is -2.80. The molecule has 0 saturated carbocycles. The third-order valence-electron chi connectivity index (χ3n) is 4.50. The number of β-lactam (4-membered cyclic amide) rings is 1. The molecule has 2 aliphatic rings. The van der Waals surface area contributed by atoms with Crippen LogP contribution in [-0.4, -0.2) is 56.8 Å². The van der Waals surface area contributed by atoms with Gasteiger partial charge < -0.3 is 25.8 Å². The fraction of sp³-hybridized carbons (Fsp3) is 0.533. The topological polar surface area (TPSA) is 122 Å². The molecule has 1 unspecified atom stereocenters. The van der Waals surface area contributed by atoms with E-state index in [1.54, 1.807) is 31.4 Å². The number of fused-ring (bicyclic) bond motifs is 1. The van der Waals surface area contributed by atoms with Gasteiger partial charge in [0.15, 0.2) is 0 Å². The summed E-state index contributed by atoms with van der Waals surface area (Å²) in [5.74, 6) is -2.20. The fourth-order valence-electron chi connectivity index (χ4n) is 3.24. The molecular formula is C15H19N3O5S2. The SMILES string of the molecule is CO[C@@]1(NC(=O)C(N)c2cccs2)C(=O)N2[C@@H](C(=O)O)C(C)(C)S[C@@H]21. The van der Waals surface area contributed by atoms with Crippen molar-refractivity contribution in [3.8, 4) is 0 Å². The number of hydrogen-bond donors (Lipinski definition) is 3. The van der Waals surface area contributed by atoms with E-state index in [4.69, 9.17) is 10.5 Å². The molecule has 0 radical (unpaired) electrons. The van der Waals surface area contributed by atoms with Crippen LogP contribution < -0.4 is 11.1 Å². The number of methoxy groups -OCH3 is 1. The van der Waals surface area contributed by atoms with Crippen LogP contribution in [0.2, 0.25) is 0 Å². The lowest BCUT2D eigenvalue weighted by molar-refractivity contribution is -0.201. The van der Waals surface area contributed by atoms with E-state index >= 15 is 0 Å². The first-order valence-electron chi connectivity index (χ1n) is 7.55. The Kier molecular flexibility index (Phi) is 4.34. The van der Waals surface area contributed by atoms with E-state index in [2.05, 4.69) is 5.32 Å². The zero-order valence-electron chi connectivity index (χ0n) is 13.9. The third kappa shape index (κ3) is 2.55. The number of nitrogens with zero attached hydrogens (tertiary/aromatic N) is 1. The van der Waals surface area contributed by atoms with Crippen molar-refractivity contribution < 1.29 is 24.2 Å². The average molecular weight is 385 g/mol. The molecule has 4 atom stereocenters. The Bertz CT molecular complexity index is 723. The molecule has 25 heavy (non-hydrogen) atoms. The molecule has 3 heterocycles. The van der Waals surface area contributed by atoms with Gasteiger partial charge in [0.25, 0.3) is 11.6 Å². The maximum Gasteiger partial charge on any atom is 0.327 e. The van der Waals surface area contributed by atoms with Crippen molar-refractivity contribution in [2.45, 2.75) is 41.8 Å². The number of ether oxygens (including phenoxy) is 1. The molecule has 0 spiro atoms. The highest BCUT2D eigenvalue weighted by Gasteiger charge is 2.73. The van der Waals surface area contributed by atoms with Gasteiger partial charge >= 0.3 is 5.97 Å². The van der Waals surface area contributed by atoms with Gasteiger partial charge in [-0.1, -0.05) is 6.07 Å². The number of hydrogen-bond acceptors (Lipinski definition) is 7. The Morgan fingerprint density at radius 2 is 2.16 bits per heavy atom. The Morgan fingerprint density at radius 1 is 1.48 bits per heavy atom. The average Bonchev–Trinajstić information content (AvgIpc) is 3.16. The Morgan fingerprint density at radius 3 is 2.68 bits per heavy atom. The van der Waals surface area contributed by atoms with Crippen LogP contribution in [0.5, 0.6) is 0 Å². The molecule has 136 valence electrons. The highest BCUT2D eigenvalue weighted by Crippen LogP contribution is 2.55. The molecule has 0 aliphatic carbocycles. The van der Waals surface area contributed by atoms with E-state index in [9.17, 15) is 19.5 Å². The van der Waals surface area contributed by atoms with Crippen molar-refractivity contribution in [3.63, 3.8) is 0 Å². The largest absolute Gasteiger partial charge is 0.480 e. The predicted molar refractivity (Wildman–Crippen MR) is 92.9 cm³/mol. The monoisotopic (exact) mass is 385 g/mol. The first kappa shape index (κ1) is 18.2. The molecular weight excluding hydrogens is 366 g/mol. The summed E-state index contributed by atoms with van der Waals surface area (Å²) >= 11 is 2.62. The van der Waals surface area contributed by atoms with Crippen molar-refractivity contribution >= 4 is 40.9 Å². The standard InChI is InChI=1S/C15H19N3O5S2/c1-14(2)9(11(20)21)18-12(22)15(23-3,13(18)25-14)17-10(19)8(16)7-5-4-6-24-7/h4-6,8-9,13H,16H2,1-3H3,(H,17,19)(H,20,21)/t8?,9-,13+,15-/m0/s1. The van der Waals surface area contributed by atoms with E-state index in [0.29, 0.717) is 4.88 Å². The van der Waals surface area contributed by atoms with Gasteiger partial charge in [0.2, 0.25) is 5.91 Å². The Hall–Kier alpha value is -1.62. The number of thioether (sulfide) groups is 1. The van der Waals surface area contributed by atoms with Crippen molar-refractivity contribution in [2.24, 2.45) is 5.73 Å². The van der Waals surface area contributed by atoms with Crippen LogP contribution in [0.15, 0.2) is 17.5 Å². The molecule has 3 rings (SSSR count). The minimum absolute atomic E-state index is 0.547. The molecule has 10 heteroatoms. The quantitative estimate of drug-likeness (QED) is 0.494. The molecule has 0 bridgehead atoms. The lowest BCUT2D eigenvalue weighted by atomic mass is 9.93. The molecule has 8 nitrogen and oxygen atoms in total. The minimum atomic E-state index is -1.60. The van der Waals surface area contributed by atoms with Crippen LogP contribution in [0.1, 0.15) is 24.8 Å². The van der Waals surface area contributed by atoms with Crippen LogP contribution in [0, 0.1) is 0 Å². The maximum atomic E-state index is 12.7. The zero-order chi connectivity index (χ0) is 18.6. The van der Waals surface area contributed by atoms with E-state index in [0.717, 1.165) is 0 Å². The molecule has 0 aromatic carbocycles. The van der Waals surface area contributed by atoms with Gasteiger partial charge in [-0.2, -0.15) is 0 Å². The van der Waals surface area contributed by atoms with E-state index < -0.39 is 45.7 Å². The van der Waals surface area contributed by atoms with Crippen LogP contribution in [0.25, 0.3) is 0 Å². The minimum Gasteiger partial charge on any atom is -0.480 e. The molecule has 4 N–H and O–H groups in total. The number of nitrogens with one attached hydrogen (secondary N) is 1. The van der Waals surface area contributed by atoms with E-state index in [1.165, 1.54) is 35.1 Å². The number of thiophene rings is 1. The second-order valence-corrected chi connectivity index (χ2v) is 9.16. The van der Waals surface area contributed by atoms with Crippen LogP contribution in [0.3, 0.4) is 0 Å². The molecule has 2 saturated heterocycles. The number of nitrogens with two attached hydrogens (primary N) is 1. The highest BCUT2D eigenvalue weighted by molar-refractivity contribution is 8.01. The first-order chi connectivity index (χ1) is 11.7. The summed E-state index contributed by atoms with van der Waals surface area (Å²) in [4.78, 5) is 38.7. The smallest absolute Gasteiger partial charge is 0.327 e. The van der Waals surface area contributed by atoms with Crippen LogP contribution >= 0.6 is 23.1 Å². The fourth-order valence-corrected chi connectivity index (χ4v) is 5.64. The van der Waals surface area contributed by atoms with E-state index in [-0.39, 0.29) is 0 Å². The summed E-state index contributed by atoms with van der Waals surface area (Å²) in [6, 6.07) is 1.60. The number of carbonyl (C=O) groups excluding carboxylic acids is 2. The number of carboxylic acids is 1. The normalized spacial score (nSPS) is 31.2. The summed E-state index contributed by atoms with van der Waals surface area (Å²) in [6.45, 7) is 3.50. The third-order valence-corrected chi connectivity index (χ3v) is 7.07. The van der Waals surface area contributed by atoms with Gasteiger partial charge in [-0.25, -0.2) is 4.79 Å². The van der Waals surface area contributed by atoms with Gasteiger partial charge in [-0.05, 0) is 25.3 Å². The number of amides is 2. The Balaban J connectivity index is 1.84. The van der Waals surface area contributed by atoms with Gasteiger partial charge in [-0.15, -0.1) is 23.1 Å². The van der Waals surface area contributed by atoms with Gasteiger partial charge in [-0.3, -0.25) is 9.59 Å². The van der Waals surface area contributed by atoms with Crippen molar-refractivity contribution in [3.05, 3.63) is 22.4 Å². The summed E-state index contributed by atoms with van der Waals surface area (Å²) < 4.78 is 4.66.